The van der Waals surface area contributed by atoms with Gasteiger partial charge in [-0.15, -0.1) is 11.6 Å². The highest BCUT2D eigenvalue weighted by Crippen LogP contribution is 2.17. The molecule has 0 aliphatic carbocycles. The van der Waals surface area contributed by atoms with Gasteiger partial charge in [0.15, 0.2) is 6.61 Å². The van der Waals surface area contributed by atoms with E-state index in [0.717, 1.165) is 5.69 Å². The van der Waals surface area contributed by atoms with Crippen molar-refractivity contribution in [1.29, 1.82) is 0 Å². The molecular weight excluding hydrogens is 308 g/mol. The molecule has 0 saturated carbocycles. The Labute approximate surface area is 135 Å². The number of ether oxygens (including phenoxy) is 2. The first-order valence-corrected chi connectivity index (χ1v) is 7.79. The molecule has 1 aliphatic heterocycles. The number of nitrogens with zero attached hydrogens (tertiary/aromatic N) is 1. The number of carbonyl (C=O) groups is 1. The number of halogens is 1. The maximum absolute atomic E-state index is 12.0. The van der Waals surface area contributed by atoms with E-state index in [9.17, 15) is 9.90 Å². The van der Waals surface area contributed by atoms with E-state index in [4.69, 9.17) is 21.1 Å². The number of hydrogen-bond donors (Lipinski definition) is 2. The van der Waals surface area contributed by atoms with Crippen LogP contribution < -0.4 is 10.1 Å². The highest BCUT2D eigenvalue weighted by atomic mass is 35.5. The Bertz CT molecular complexity index is 480. The lowest BCUT2D eigenvalue weighted by Crippen LogP contribution is -2.42. The highest BCUT2D eigenvalue weighted by molar-refractivity contribution is 6.18. The number of alkyl halides is 1. The van der Waals surface area contributed by atoms with E-state index in [0.29, 0.717) is 38.6 Å². The van der Waals surface area contributed by atoms with Crippen LogP contribution in [0.1, 0.15) is 0 Å². The van der Waals surface area contributed by atoms with Gasteiger partial charge < -0.3 is 24.8 Å². The highest BCUT2D eigenvalue weighted by Gasteiger charge is 2.17. The molecule has 1 amide bonds. The number of aliphatic hydroxyl groups excluding tert-OH is 1. The van der Waals surface area contributed by atoms with Crippen LogP contribution in [0.15, 0.2) is 24.3 Å². The lowest BCUT2D eigenvalue weighted by Gasteiger charge is -2.26. The van der Waals surface area contributed by atoms with Crippen molar-refractivity contribution in [3.05, 3.63) is 24.3 Å². The maximum Gasteiger partial charge on any atom is 0.260 e. The van der Waals surface area contributed by atoms with Gasteiger partial charge in [0.05, 0.1) is 25.2 Å². The zero-order valence-corrected chi connectivity index (χ0v) is 13.1. The van der Waals surface area contributed by atoms with Crippen LogP contribution in [0, 0.1) is 0 Å². The third-order valence-electron chi connectivity index (χ3n) is 3.28. The Kier molecular flexibility index (Phi) is 6.76. The predicted octanol–water partition coefficient (Wildman–Crippen LogP) is 0.936. The summed E-state index contributed by atoms with van der Waals surface area (Å²) in [5.74, 6) is 0.739. The van der Waals surface area contributed by atoms with E-state index >= 15 is 0 Å². The Morgan fingerprint density at radius 3 is 2.95 bits per heavy atom. The zero-order chi connectivity index (χ0) is 15.8. The van der Waals surface area contributed by atoms with Crippen molar-refractivity contribution >= 4 is 23.2 Å². The van der Waals surface area contributed by atoms with Crippen molar-refractivity contribution in [1.82, 2.24) is 4.90 Å². The van der Waals surface area contributed by atoms with E-state index < -0.39 is 6.10 Å². The summed E-state index contributed by atoms with van der Waals surface area (Å²) in [4.78, 5) is 13.7. The molecule has 7 heteroatoms. The molecule has 2 N–H and O–H groups in total. The number of rotatable bonds is 7. The van der Waals surface area contributed by atoms with Crippen LogP contribution in [0.5, 0.6) is 5.75 Å². The van der Waals surface area contributed by atoms with E-state index in [2.05, 4.69) is 5.32 Å². The average molecular weight is 329 g/mol. The summed E-state index contributed by atoms with van der Waals surface area (Å²) in [6.07, 6.45) is -0.603. The van der Waals surface area contributed by atoms with Gasteiger partial charge >= 0.3 is 0 Å². The average Bonchev–Trinajstić information content (AvgIpc) is 2.58. The molecule has 1 aromatic rings. The summed E-state index contributed by atoms with van der Waals surface area (Å²) in [5.41, 5.74) is 0.806. The number of aliphatic hydroxyl groups is 1. The Hall–Kier alpha value is -1.50. The minimum atomic E-state index is -0.603. The Morgan fingerprint density at radius 1 is 1.45 bits per heavy atom. The number of nitrogens with one attached hydrogen (secondary N) is 1. The van der Waals surface area contributed by atoms with Gasteiger partial charge in [0.25, 0.3) is 5.91 Å². The molecule has 0 spiro atoms. The first kappa shape index (κ1) is 16.9. The monoisotopic (exact) mass is 328 g/mol. The van der Waals surface area contributed by atoms with Gasteiger partial charge in [-0.2, -0.15) is 0 Å². The lowest BCUT2D eigenvalue weighted by atomic mass is 10.3. The second kappa shape index (κ2) is 8.82. The molecule has 1 saturated heterocycles. The fraction of sp³-hybridized carbons (Fsp3) is 0.533. The third-order valence-corrected chi connectivity index (χ3v) is 3.64. The molecule has 1 heterocycles. The van der Waals surface area contributed by atoms with Gasteiger partial charge in [-0.25, -0.2) is 0 Å². The van der Waals surface area contributed by atoms with Crippen molar-refractivity contribution in [2.45, 2.75) is 6.10 Å². The summed E-state index contributed by atoms with van der Waals surface area (Å²) in [6.45, 7) is 2.75. The molecule has 1 fully saturated rings. The van der Waals surface area contributed by atoms with Crippen molar-refractivity contribution in [3.8, 4) is 5.75 Å². The SMILES string of the molecule is O=C(COc1cccc(NCC(O)CCl)c1)N1CCOCC1. The van der Waals surface area contributed by atoms with Crippen LogP contribution in [0.2, 0.25) is 0 Å². The Balaban J connectivity index is 1.80. The molecular formula is C15H21ClN2O4. The molecule has 122 valence electrons. The van der Waals surface area contributed by atoms with Crippen LogP contribution in [-0.4, -0.2) is 67.4 Å². The summed E-state index contributed by atoms with van der Waals surface area (Å²) in [6, 6.07) is 7.25. The fourth-order valence-electron chi connectivity index (χ4n) is 2.04. The van der Waals surface area contributed by atoms with Crippen LogP contribution in [0.3, 0.4) is 0 Å². The van der Waals surface area contributed by atoms with Crippen molar-refractivity contribution < 1.29 is 19.4 Å². The number of benzene rings is 1. The van der Waals surface area contributed by atoms with Crippen LogP contribution in [0.25, 0.3) is 0 Å². The number of amides is 1. The van der Waals surface area contributed by atoms with Crippen LogP contribution in [0.4, 0.5) is 5.69 Å². The second-order valence-corrected chi connectivity index (χ2v) is 5.31. The largest absolute Gasteiger partial charge is 0.484 e. The molecule has 1 unspecified atom stereocenters. The predicted molar refractivity (Wildman–Crippen MR) is 84.6 cm³/mol. The summed E-state index contributed by atoms with van der Waals surface area (Å²) < 4.78 is 10.7. The van der Waals surface area contributed by atoms with Crippen LogP contribution >= 0.6 is 11.6 Å². The summed E-state index contributed by atoms with van der Waals surface area (Å²) >= 11 is 5.54. The van der Waals surface area contributed by atoms with E-state index in [1.807, 2.05) is 12.1 Å². The third kappa shape index (κ3) is 5.36. The van der Waals surface area contributed by atoms with Gasteiger partial charge in [-0.1, -0.05) is 6.07 Å². The lowest BCUT2D eigenvalue weighted by molar-refractivity contribution is -0.137. The fourth-order valence-corrected chi connectivity index (χ4v) is 2.14. The van der Waals surface area contributed by atoms with E-state index in [-0.39, 0.29) is 18.4 Å². The number of hydrogen-bond acceptors (Lipinski definition) is 5. The summed E-state index contributed by atoms with van der Waals surface area (Å²) in [5, 5.41) is 12.5. The van der Waals surface area contributed by atoms with Crippen molar-refractivity contribution in [3.63, 3.8) is 0 Å². The second-order valence-electron chi connectivity index (χ2n) is 5.00. The molecule has 1 aromatic carbocycles. The van der Waals surface area contributed by atoms with Crippen molar-refractivity contribution in [2.75, 3.05) is 50.7 Å². The maximum atomic E-state index is 12.0. The normalized spacial score (nSPS) is 16.2. The zero-order valence-electron chi connectivity index (χ0n) is 12.3. The van der Waals surface area contributed by atoms with Gasteiger partial charge in [0, 0.05) is 31.4 Å². The van der Waals surface area contributed by atoms with Gasteiger partial charge in [0.2, 0.25) is 0 Å². The van der Waals surface area contributed by atoms with Gasteiger partial charge in [0.1, 0.15) is 5.75 Å². The topological polar surface area (TPSA) is 71.0 Å². The molecule has 1 aliphatic rings. The smallest absolute Gasteiger partial charge is 0.260 e. The number of morpholine rings is 1. The van der Waals surface area contributed by atoms with Gasteiger partial charge in [-0.05, 0) is 12.1 Å². The quantitative estimate of drug-likeness (QED) is 0.729. The van der Waals surface area contributed by atoms with Crippen molar-refractivity contribution in [2.24, 2.45) is 0 Å². The first-order valence-electron chi connectivity index (χ1n) is 7.25. The van der Waals surface area contributed by atoms with Gasteiger partial charge in [-0.3, -0.25) is 4.79 Å². The van der Waals surface area contributed by atoms with Crippen LogP contribution in [-0.2, 0) is 9.53 Å². The molecule has 0 aromatic heterocycles. The molecule has 0 bridgehead atoms. The standard InChI is InChI=1S/C15H21ClN2O4/c16-9-13(19)10-17-12-2-1-3-14(8-12)22-11-15(20)18-4-6-21-7-5-18/h1-3,8,13,17,19H,4-7,9-11H2. The van der Waals surface area contributed by atoms with E-state index in [1.165, 1.54) is 0 Å². The minimum Gasteiger partial charge on any atom is -0.484 e. The Morgan fingerprint density at radius 2 is 2.23 bits per heavy atom. The molecule has 6 nitrogen and oxygen atoms in total. The number of anilines is 1. The molecule has 1 atom stereocenters. The molecule has 0 radical (unpaired) electrons. The first-order chi connectivity index (χ1) is 10.7. The molecule has 22 heavy (non-hydrogen) atoms. The molecule has 2 rings (SSSR count). The summed E-state index contributed by atoms with van der Waals surface area (Å²) in [7, 11) is 0. The van der Waals surface area contributed by atoms with E-state index in [1.54, 1.807) is 17.0 Å². The number of carbonyl (C=O) groups excluding carboxylic acids is 1. The minimum absolute atomic E-state index is 0.00770.